The lowest BCUT2D eigenvalue weighted by Gasteiger charge is -2.58. The molecule has 132 valence electrons. The van der Waals surface area contributed by atoms with Crippen molar-refractivity contribution in [3.05, 3.63) is 11.6 Å². The number of hydrogen-bond acceptors (Lipinski definition) is 1. The van der Waals surface area contributed by atoms with E-state index in [1.54, 1.807) is 0 Å². The second-order valence-electron chi connectivity index (χ2n) is 10.6. The average Bonchev–Trinajstić information content (AvgIpc) is 3.30. The molecule has 0 saturated heterocycles. The Morgan fingerprint density at radius 1 is 0.958 bits per heavy atom. The summed E-state index contributed by atoms with van der Waals surface area (Å²) in [4.78, 5) is 12.2. The lowest BCUT2D eigenvalue weighted by atomic mass is 9.46. The van der Waals surface area contributed by atoms with Crippen molar-refractivity contribution < 1.29 is 4.79 Å². The SMILES string of the molecule is C[C@@H]1C[C@@]2(C)C(=CC1=O)CC[C@H]1[C@@H]3CC[C@H](C4CC4)[C@@]3(C)CC[C@@H]12. The van der Waals surface area contributed by atoms with Crippen LogP contribution >= 0.6 is 0 Å². The summed E-state index contributed by atoms with van der Waals surface area (Å²) in [5.74, 6) is 5.54. The number of carbonyl (C=O) groups excluding carboxylic acids is 1. The van der Waals surface area contributed by atoms with Crippen LogP contribution < -0.4 is 0 Å². The van der Waals surface area contributed by atoms with Crippen LogP contribution in [0.3, 0.4) is 0 Å². The molecule has 5 aliphatic carbocycles. The van der Waals surface area contributed by atoms with E-state index < -0.39 is 0 Å². The molecule has 0 radical (unpaired) electrons. The normalized spacial score (nSPS) is 53.9. The number of hydrogen-bond donors (Lipinski definition) is 0. The monoisotopic (exact) mass is 326 g/mol. The topological polar surface area (TPSA) is 17.1 Å². The van der Waals surface area contributed by atoms with Crippen molar-refractivity contribution in [2.45, 2.75) is 78.6 Å². The molecule has 0 aromatic heterocycles. The van der Waals surface area contributed by atoms with Gasteiger partial charge in [-0.15, -0.1) is 0 Å². The van der Waals surface area contributed by atoms with Gasteiger partial charge in [0.05, 0.1) is 0 Å². The molecule has 4 saturated carbocycles. The summed E-state index contributed by atoms with van der Waals surface area (Å²) in [5.41, 5.74) is 2.50. The Bertz CT molecular complexity index is 599. The van der Waals surface area contributed by atoms with Crippen LogP contribution in [0.1, 0.15) is 78.6 Å². The third-order valence-corrected chi connectivity index (χ3v) is 9.53. The Balaban J connectivity index is 1.47. The first-order valence-electron chi connectivity index (χ1n) is 10.7. The fraction of sp³-hybridized carbons (Fsp3) is 0.870. The molecule has 0 bridgehead atoms. The Morgan fingerprint density at radius 2 is 1.71 bits per heavy atom. The lowest BCUT2D eigenvalue weighted by molar-refractivity contribution is -0.122. The van der Waals surface area contributed by atoms with Crippen LogP contribution in [0, 0.1) is 46.3 Å². The molecule has 0 spiro atoms. The summed E-state index contributed by atoms with van der Waals surface area (Å²) in [7, 11) is 0. The Hall–Kier alpha value is -0.590. The Morgan fingerprint density at radius 3 is 2.46 bits per heavy atom. The van der Waals surface area contributed by atoms with Crippen LogP contribution in [0.25, 0.3) is 0 Å². The third kappa shape index (κ3) is 1.96. The van der Waals surface area contributed by atoms with Crippen LogP contribution in [0.15, 0.2) is 11.6 Å². The number of rotatable bonds is 1. The Labute approximate surface area is 147 Å². The highest BCUT2D eigenvalue weighted by atomic mass is 16.1. The molecular weight excluding hydrogens is 292 g/mol. The van der Waals surface area contributed by atoms with Gasteiger partial charge in [-0.1, -0.05) is 26.3 Å². The molecule has 5 rings (SSSR count). The van der Waals surface area contributed by atoms with Gasteiger partial charge >= 0.3 is 0 Å². The van der Waals surface area contributed by atoms with Gasteiger partial charge in [0.25, 0.3) is 0 Å². The smallest absolute Gasteiger partial charge is 0.158 e. The van der Waals surface area contributed by atoms with Gasteiger partial charge in [-0.2, -0.15) is 0 Å². The van der Waals surface area contributed by atoms with Gasteiger partial charge in [-0.05, 0) is 104 Å². The van der Waals surface area contributed by atoms with E-state index in [0.717, 1.165) is 36.0 Å². The van der Waals surface area contributed by atoms with E-state index in [4.69, 9.17) is 0 Å². The van der Waals surface area contributed by atoms with Crippen molar-refractivity contribution in [1.82, 2.24) is 0 Å². The minimum Gasteiger partial charge on any atom is -0.295 e. The van der Waals surface area contributed by atoms with Crippen LogP contribution in [-0.4, -0.2) is 5.78 Å². The van der Waals surface area contributed by atoms with Gasteiger partial charge in [-0.3, -0.25) is 4.79 Å². The van der Waals surface area contributed by atoms with Crippen LogP contribution in [0.4, 0.5) is 0 Å². The van der Waals surface area contributed by atoms with E-state index in [1.165, 1.54) is 56.9 Å². The molecule has 7 atom stereocenters. The standard InChI is InChI=1S/C23H34O/c1-14-13-23(3)16(12-21(14)24)6-7-17-19-9-8-18(15-4-5-15)22(19,2)11-10-20(17)23/h12,14-15,17-20H,4-11,13H2,1-3H3/t14-,17+,18-,19+,20+,22-,23+/m1/s1. The first kappa shape index (κ1) is 15.6. The fourth-order valence-electron chi connectivity index (χ4n) is 8.21. The molecule has 0 amide bonds. The molecule has 0 aromatic rings. The first-order valence-corrected chi connectivity index (χ1v) is 10.7. The molecular formula is C23H34O. The number of ketones is 1. The van der Waals surface area contributed by atoms with Crippen LogP contribution in [0.2, 0.25) is 0 Å². The summed E-state index contributed by atoms with van der Waals surface area (Å²) in [5, 5.41) is 0. The van der Waals surface area contributed by atoms with Gasteiger partial charge in [0.2, 0.25) is 0 Å². The summed E-state index contributed by atoms with van der Waals surface area (Å²) in [6.07, 6.45) is 14.7. The van der Waals surface area contributed by atoms with Crippen molar-refractivity contribution in [3.63, 3.8) is 0 Å². The Kier molecular flexibility index (Phi) is 3.25. The van der Waals surface area contributed by atoms with Crippen molar-refractivity contribution in [3.8, 4) is 0 Å². The zero-order chi connectivity index (χ0) is 16.7. The predicted molar refractivity (Wildman–Crippen MR) is 97.5 cm³/mol. The van der Waals surface area contributed by atoms with Crippen LogP contribution in [-0.2, 0) is 4.79 Å². The van der Waals surface area contributed by atoms with Gasteiger partial charge < -0.3 is 0 Å². The highest BCUT2D eigenvalue weighted by molar-refractivity contribution is 5.93. The number of carbonyl (C=O) groups is 1. The average molecular weight is 327 g/mol. The molecule has 5 aliphatic rings. The summed E-state index contributed by atoms with van der Waals surface area (Å²) >= 11 is 0. The molecule has 0 N–H and O–H groups in total. The van der Waals surface area contributed by atoms with Crippen molar-refractivity contribution in [1.29, 1.82) is 0 Å². The summed E-state index contributed by atoms with van der Waals surface area (Å²) < 4.78 is 0. The zero-order valence-electron chi connectivity index (χ0n) is 15.8. The first-order chi connectivity index (χ1) is 11.4. The molecule has 0 aliphatic heterocycles. The van der Waals surface area contributed by atoms with E-state index in [0.29, 0.717) is 16.6 Å². The maximum absolute atomic E-state index is 12.2. The molecule has 0 unspecified atom stereocenters. The van der Waals surface area contributed by atoms with E-state index in [9.17, 15) is 4.79 Å². The van der Waals surface area contributed by atoms with E-state index in [-0.39, 0.29) is 5.92 Å². The highest BCUT2D eigenvalue weighted by Crippen LogP contribution is 2.69. The van der Waals surface area contributed by atoms with Gasteiger partial charge in [0.15, 0.2) is 5.78 Å². The van der Waals surface area contributed by atoms with Crippen molar-refractivity contribution in [2.75, 3.05) is 0 Å². The van der Waals surface area contributed by atoms with Crippen LogP contribution in [0.5, 0.6) is 0 Å². The van der Waals surface area contributed by atoms with E-state index in [2.05, 4.69) is 26.8 Å². The second kappa shape index (κ2) is 4.98. The zero-order valence-corrected chi connectivity index (χ0v) is 15.8. The maximum atomic E-state index is 12.2. The van der Waals surface area contributed by atoms with E-state index in [1.807, 2.05) is 0 Å². The second-order valence-corrected chi connectivity index (χ2v) is 10.6. The quantitative estimate of drug-likeness (QED) is 0.596. The molecule has 0 aromatic carbocycles. The molecule has 24 heavy (non-hydrogen) atoms. The van der Waals surface area contributed by atoms with Gasteiger partial charge in [0, 0.05) is 5.92 Å². The molecule has 1 heteroatoms. The highest BCUT2D eigenvalue weighted by Gasteiger charge is 2.61. The number of fused-ring (bicyclic) bond motifs is 5. The summed E-state index contributed by atoms with van der Waals surface area (Å²) in [6.45, 7) is 7.36. The number of allylic oxidation sites excluding steroid dienone is 1. The van der Waals surface area contributed by atoms with E-state index >= 15 is 0 Å². The van der Waals surface area contributed by atoms with Gasteiger partial charge in [0.1, 0.15) is 0 Å². The van der Waals surface area contributed by atoms with Crippen molar-refractivity contribution in [2.24, 2.45) is 46.3 Å². The predicted octanol–water partition coefficient (Wildman–Crippen LogP) is 5.79. The fourth-order valence-corrected chi connectivity index (χ4v) is 8.21. The minimum atomic E-state index is 0.244. The molecule has 0 heterocycles. The summed E-state index contributed by atoms with van der Waals surface area (Å²) in [6, 6.07) is 0. The largest absolute Gasteiger partial charge is 0.295 e. The molecule has 4 fully saturated rings. The minimum absolute atomic E-state index is 0.244. The lowest BCUT2D eigenvalue weighted by Crippen LogP contribution is -2.51. The third-order valence-electron chi connectivity index (χ3n) is 9.53. The van der Waals surface area contributed by atoms with Gasteiger partial charge in [-0.25, -0.2) is 0 Å². The molecule has 1 nitrogen and oxygen atoms in total. The maximum Gasteiger partial charge on any atom is 0.158 e. The van der Waals surface area contributed by atoms with Crippen molar-refractivity contribution >= 4 is 5.78 Å².